The maximum atomic E-state index is 13.9. The van der Waals surface area contributed by atoms with E-state index in [1.807, 2.05) is 0 Å². The first-order valence-corrected chi connectivity index (χ1v) is 6.72. The molecule has 2 aromatic rings. The van der Waals surface area contributed by atoms with Crippen molar-refractivity contribution in [2.45, 2.75) is 10.8 Å². The van der Waals surface area contributed by atoms with Crippen LogP contribution in [0, 0.1) is 0 Å². The Balaban J connectivity index is 2.07. The highest BCUT2D eigenvalue weighted by molar-refractivity contribution is 7.99. The second-order valence-electron chi connectivity index (χ2n) is 4.05. The molecule has 0 fully saturated rings. The fraction of sp³-hybridized carbons (Fsp3) is 0.133. The Hall–Kier alpha value is -1.68. The maximum absolute atomic E-state index is 13.9. The minimum absolute atomic E-state index is 0.00837. The van der Waals surface area contributed by atoms with E-state index in [9.17, 15) is 13.6 Å². The zero-order valence-electron chi connectivity index (χ0n) is 10.1. The third kappa shape index (κ3) is 3.64. The fourth-order valence-corrected chi connectivity index (χ4v) is 2.53. The third-order valence-electron chi connectivity index (χ3n) is 2.61. The highest BCUT2D eigenvalue weighted by Gasteiger charge is 2.31. The molecule has 2 rings (SSSR count). The fourth-order valence-electron chi connectivity index (χ4n) is 1.62. The predicted molar refractivity (Wildman–Crippen MR) is 72.9 cm³/mol. The van der Waals surface area contributed by atoms with Crippen molar-refractivity contribution in [3.63, 3.8) is 0 Å². The number of rotatable bonds is 5. The number of alkyl halides is 2. The molecule has 0 aromatic heterocycles. The summed E-state index contributed by atoms with van der Waals surface area (Å²) in [5.74, 6) is -3.23. The predicted octanol–water partition coefficient (Wildman–Crippen LogP) is 4.38. The van der Waals surface area contributed by atoms with Gasteiger partial charge in [0.25, 0.3) is 5.92 Å². The van der Waals surface area contributed by atoms with Crippen LogP contribution in [0.3, 0.4) is 0 Å². The molecule has 0 saturated heterocycles. The summed E-state index contributed by atoms with van der Waals surface area (Å²) in [5, 5.41) is 0. The van der Waals surface area contributed by atoms with Gasteiger partial charge in [-0.05, 0) is 12.1 Å². The summed E-state index contributed by atoms with van der Waals surface area (Å²) in [7, 11) is 0. The molecule has 19 heavy (non-hydrogen) atoms. The Labute approximate surface area is 114 Å². The van der Waals surface area contributed by atoms with Crippen LogP contribution in [0.1, 0.15) is 15.9 Å². The lowest BCUT2D eigenvalue weighted by molar-refractivity contribution is 0.0232. The highest BCUT2D eigenvalue weighted by atomic mass is 32.2. The van der Waals surface area contributed by atoms with E-state index in [0.29, 0.717) is 16.7 Å². The van der Waals surface area contributed by atoms with Gasteiger partial charge in [-0.3, -0.25) is 4.79 Å². The van der Waals surface area contributed by atoms with Gasteiger partial charge in [-0.2, -0.15) is 0 Å². The Morgan fingerprint density at radius 3 is 2.47 bits per heavy atom. The van der Waals surface area contributed by atoms with E-state index < -0.39 is 5.92 Å². The molecule has 0 saturated carbocycles. The van der Waals surface area contributed by atoms with Crippen molar-refractivity contribution in [2.24, 2.45) is 0 Å². The van der Waals surface area contributed by atoms with E-state index in [4.69, 9.17) is 0 Å². The minimum Gasteiger partial charge on any atom is -0.298 e. The summed E-state index contributed by atoms with van der Waals surface area (Å²) in [5.41, 5.74) is 0.502. The third-order valence-corrected chi connectivity index (χ3v) is 3.70. The molecule has 0 spiro atoms. The highest BCUT2D eigenvalue weighted by Crippen LogP contribution is 2.34. The monoisotopic (exact) mass is 278 g/mol. The Morgan fingerprint density at radius 2 is 1.79 bits per heavy atom. The molecule has 0 bridgehead atoms. The Morgan fingerprint density at radius 1 is 1.05 bits per heavy atom. The molecule has 98 valence electrons. The molecule has 0 heterocycles. The molecule has 0 aliphatic heterocycles. The van der Waals surface area contributed by atoms with Crippen molar-refractivity contribution in [3.05, 3.63) is 65.7 Å². The van der Waals surface area contributed by atoms with Gasteiger partial charge in [-0.25, -0.2) is 8.78 Å². The summed E-state index contributed by atoms with van der Waals surface area (Å²) in [6.45, 7) is 0. The Bertz CT molecular complexity index is 555. The van der Waals surface area contributed by atoms with Crippen molar-refractivity contribution >= 4 is 18.0 Å². The van der Waals surface area contributed by atoms with Crippen LogP contribution in [0.2, 0.25) is 0 Å². The van der Waals surface area contributed by atoms with E-state index >= 15 is 0 Å². The summed E-state index contributed by atoms with van der Waals surface area (Å²) in [6, 6.07) is 14.4. The second kappa shape index (κ2) is 5.97. The van der Waals surface area contributed by atoms with Crippen LogP contribution in [0.4, 0.5) is 8.78 Å². The number of carbonyl (C=O) groups is 1. The van der Waals surface area contributed by atoms with Crippen LogP contribution in [0.5, 0.6) is 0 Å². The molecule has 0 radical (unpaired) electrons. The first-order valence-electron chi connectivity index (χ1n) is 5.73. The lowest BCUT2D eigenvalue weighted by atomic mass is 10.1. The van der Waals surface area contributed by atoms with Crippen LogP contribution in [-0.2, 0) is 5.92 Å². The average Bonchev–Trinajstić information content (AvgIpc) is 2.46. The van der Waals surface area contributed by atoms with Gasteiger partial charge < -0.3 is 0 Å². The first kappa shape index (κ1) is 13.7. The van der Waals surface area contributed by atoms with Crippen LogP contribution in [0.15, 0.2) is 59.5 Å². The molecule has 0 unspecified atom stereocenters. The number of hydrogen-bond acceptors (Lipinski definition) is 2. The summed E-state index contributed by atoms with van der Waals surface area (Å²) >= 11 is 1.04. The number of halogens is 2. The second-order valence-corrected chi connectivity index (χ2v) is 5.10. The molecule has 0 amide bonds. The SMILES string of the molecule is O=Cc1cccc(SCC(F)(F)c2ccccc2)c1. The van der Waals surface area contributed by atoms with Gasteiger partial charge in [0.15, 0.2) is 0 Å². The summed E-state index contributed by atoms with van der Waals surface area (Å²) in [6.07, 6.45) is 0.708. The molecule has 1 nitrogen and oxygen atoms in total. The van der Waals surface area contributed by atoms with Gasteiger partial charge >= 0.3 is 0 Å². The molecular weight excluding hydrogens is 266 g/mol. The van der Waals surface area contributed by atoms with Crippen molar-refractivity contribution in [2.75, 3.05) is 5.75 Å². The molecule has 0 atom stereocenters. The number of aldehydes is 1. The zero-order chi connectivity index (χ0) is 13.7. The van der Waals surface area contributed by atoms with E-state index in [2.05, 4.69) is 0 Å². The largest absolute Gasteiger partial charge is 0.298 e. The van der Waals surface area contributed by atoms with Crippen LogP contribution >= 0.6 is 11.8 Å². The molecule has 0 aliphatic rings. The van der Waals surface area contributed by atoms with Crippen molar-refractivity contribution < 1.29 is 13.6 Å². The van der Waals surface area contributed by atoms with E-state index in [-0.39, 0.29) is 11.3 Å². The number of thioether (sulfide) groups is 1. The van der Waals surface area contributed by atoms with Crippen LogP contribution in [-0.4, -0.2) is 12.0 Å². The van der Waals surface area contributed by atoms with Gasteiger partial charge in [0.2, 0.25) is 0 Å². The topological polar surface area (TPSA) is 17.1 Å². The van der Waals surface area contributed by atoms with E-state index in [1.54, 1.807) is 42.5 Å². The van der Waals surface area contributed by atoms with Gasteiger partial charge in [-0.15, -0.1) is 11.8 Å². The molecule has 0 N–H and O–H groups in total. The molecule has 2 aromatic carbocycles. The standard InChI is InChI=1S/C15H12F2OS/c16-15(17,13-6-2-1-3-7-13)11-19-14-8-4-5-12(9-14)10-18/h1-10H,11H2. The lowest BCUT2D eigenvalue weighted by Gasteiger charge is -2.16. The smallest absolute Gasteiger partial charge is 0.282 e. The van der Waals surface area contributed by atoms with Crippen LogP contribution in [0.25, 0.3) is 0 Å². The molecule has 0 aliphatic carbocycles. The van der Waals surface area contributed by atoms with Gasteiger partial charge in [0.05, 0.1) is 5.75 Å². The van der Waals surface area contributed by atoms with Crippen molar-refractivity contribution in [1.29, 1.82) is 0 Å². The van der Waals surface area contributed by atoms with Gasteiger partial charge in [0, 0.05) is 16.0 Å². The number of carbonyl (C=O) groups excluding carboxylic acids is 1. The zero-order valence-corrected chi connectivity index (χ0v) is 10.9. The van der Waals surface area contributed by atoms with Gasteiger partial charge in [0.1, 0.15) is 6.29 Å². The van der Waals surface area contributed by atoms with Crippen molar-refractivity contribution in [3.8, 4) is 0 Å². The minimum atomic E-state index is -2.89. The maximum Gasteiger partial charge on any atom is 0.282 e. The van der Waals surface area contributed by atoms with Crippen molar-refractivity contribution in [1.82, 2.24) is 0 Å². The number of benzene rings is 2. The first-order chi connectivity index (χ1) is 9.12. The van der Waals surface area contributed by atoms with Gasteiger partial charge in [-0.1, -0.05) is 42.5 Å². The van der Waals surface area contributed by atoms with E-state index in [1.165, 1.54) is 12.1 Å². The van der Waals surface area contributed by atoms with E-state index in [0.717, 1.165) is 11.8 Å². The van der Waals surface area contributed by atoms with Crippen LogP contribution < -0.4 is 0 Å². The number of hydrogen-bond donors (Lipinski definition) is 0. The molecule has 4 heteroatoms. The molecular formula is C15H12F2OS. The quantitative estimate of drug-likeness (QED) is 0.596. The summed E-state index contributed by atoms with van der Waals surface area (Å²) in [4.78, 5) is 11.3. The Kier molecular flexibility index (Phi) is 4.32. The normalized spacial score (nSPS) is 11.3. The average molecular weight is 278 g/mol. The summed E-state index contributed by atoms with van der Waals surface area (Å²) < 4.78 is 27.9. The lowest BCUT2D eigenvalue weighted by Crippen LogP contribution is -2.16.